The predicted octanol–water partition coefficient (Wildman–Crippen LogP) is 0.976. The quantitative estimate of drug-likeness (QED) is 0.903. The van der Waals surface area contributed by atoms with E-state index in [9.17, 15) is 13.2 Å². The predicted molar refractivity (Wildman–Crippen MR) is 78.7 cm³/mol. The molecule has 1 heterocycles. The fourth-order valence-electron chi connectivity index (χ4n) is 3.05. The van der Waals surface area contributed by atoms with E-state index in [4.69, 9.17) is 4.74 Å². The highest BCUT2D eigenvalue weighted by molar-refractivity contribution is 7.92. The molecule has 1 aliphatic heterocycles. The van der Waals surface area contributed by atoms with Gasteiger partial charge in [0.25, 0.3) is 0 Å². The van der Waals surface area contributed by atoms with Gasteiger partial charge in [-0.05, 0) is 37.1 Å². The number of carbonyl (C=O) groups excluding carboxylic acids is 1. The number of sulfonamides is 1. The minimum absolute atomic E-state index is 0.0916. The van der Waals surface area contributed by atoms with Gasteiger partial charge < -0.3 is 10.1 Å². The third-order valence-corrected chi connectivity index (χ3v) is 7.04. The molecule has 1 aliphatic carbocycles. The van der Waals surface area contributed by atoms with Crippen LogP contribution in [0.15, 0.2) is 18.2 Å². The van der Waals surface area contributed by atoms with E-state index >= 15 is 0 Å². The van der Waals surface area contributed by atoms with E-state index in [1.807, 2.05) is 6.92 Å². The van der Waals surface area contributed by atoms with E-state index in [1.54, 1.807) is 25.3 Å². The number of methoxy groups -OCH3 is 1. The standard InChI is InChI=1S/C14H18N2O4S/c1-9-6-11(20-3)4-5-12(9)15-13(17)14-7-10(14)8-16(2)21(14,18)19/h4-6,10H,7-8H2,1-3H3,(H,15,17)/t10-,14+/m0/s1. The summed E-state index contributed by atoms with van der Waals surface area (Å²) in [5.41, 5.74) is 1.45. The van der Waals surface area contributed by atoms with Crippen molar-refractivity contribution < 1.29 is 17.9 Å². The van der Waals surface area contributed by atoms with Crippen molar-refractivity contribution in [2.24, 2.45) is 5.92 Å². The van der Waals surface area contributed by atoms with Gasteiger partial charge in [0.15, 0.2) is 4.75 Å². The van der Waals surface area contributed by atoms with Crippen LogP contribution in [0.25, 0.3) is 0 Å². The minimum Gasteiger partial charge on any atom is -0.497 e. The average molecular weight is 310 g/mol. The third kappa shape index (κ3) is 1.87. The summed E-state index contributed by atoms with van der Waals surface area (Å²) in [4.78, 5) is 12.5. The number of nitrogens with one attached hydrogen (secondary N) is 1. The first-order chi connectivity index (χ1) is 9.82. The molecule has 1 saturated heterocycles. The molecule has 1 saturated carbocycles. The lowest BCUT2D eigenvalue weighted by atomic mass is 10.2. The van der Waals surface area contributed by atoms with Crippen LogP contribution >= 0.6 is 0 Å². The molecule has 3 rings (SSSR count). The second-order valence-corrected chi connectivity index (χ2v) is 8.01. The van der Waals surface area contributed by atoms with Crippen molar-refractivity contribution in [3.63, 3.8) is 0 Å². The molecule has 0 spiro atoms. The van der Waals surface area contributed by atoms with Crippen molar-refractivity contribution in [3.8, 4) is 5.75 Å². The van der Waals surface area contributed by atoms with E-state index in [0.717, 1.165) is 5.56 Å². The molecule has 2 atom stereocenters. The number of nitrogens with zero attached hydrogens (tertiary/aromatic N) is 1. The second kappa shape index (κ2) is 4.45. The molecule has 1 aromatic rings. The largest absolute Gasteiger partial charge is 0.497 e. The van der Waals surface area contributed by atoms with Gasteiger partial charge in [-0.2, -0.15) is 0 Å². The zero-order valence-corrected chi connectivity index (χ0v) is 13.0. The maximum Gasteiger partial charge on any atom is 0.247 e. The summed E-state index contributed by atoms with van der Waals surface area (Å²) in [5.74, 6) is 0.178. The fourth-order valence-corrected chi connectivity index (χ4v) is 5.17. The molecule has 0 radical (unpaired) electrons. The van der Waals surface area contributed by atoms with E-state index < -0.39 is 20.7 Å². The summed E-state index contributed by atoms with van der Waals surface area (Å²) in [6.45, 7) is 2.27. The van der Waals surface area contributed by atoms with Gasteiger partial charge in [-0.25, -0.2) is 12.7 Å². The molecule has 0 bridgehead atoms. The molecule has 1 N–H and O–H groups in total. The van der Waals surface area contributed by atoms with Crippen LogP contribution in [0.5, 0.6) is 5.75 Å². The molecule has 7 heteroatoms. The van der Waals surface area contributed by atoms with Crippen LogP contribution in [-0.2, 0) is 14.8 Å². The Kier molecular flexibility index (Phi) is 3.04. The lowest BCUT2D eigenvalue weighted by Crippen LogP contribution is -2.40. The summed E-state index contributed by atoms with van der Waals surface area (Å²) in [5, 5.41) is 2.76. The Hall–Kier alpha value is -1.60. The first-order valence-corrected chi connectivity index (χ1v) is 8.19. The van der Waals surface area contributed by atoms with Crippen LogP contribution in [0.1, 0.15) is 12.0 Å². The molecule has 114 valence electrons. The zero-order chi connectivity index (χ0) is 15.4. The number of hydrogen-bond acceptors (Lipinski definition) is 4. The number of benzene rings is 1. The van der Waals surface area contributed by atoms with Crippen molar-refractivity contribution in [2.75, 3.05) is 26.0 Å². The van der Waals surface area contributed by atoms with Crippen LogP contribution in [0.4, 0.5) is 5.69 Å². The first kappa shape index (κ1) is 14.3. The molecule has 0 unspecified atom stereocenters. The molecular formula is C14H18N2O4S. The highest BCUT2D eigenvalue weighted by Gasteiger charge is 2.74. The lowest BCUT2D eigenvalue weighted by Gasteiger charge is -2.18. The summed E-state index contributed by atoms with van der Waals surface area (Å²) < 4.78 is 29.8. The normalized spacial score (nSPS) is 29.8. The maximum absolute atomic E-state index is 12.5. The average Bonchev–Trinajstić information content (AvgIpc) is 3.12. The highest BCUT2D eigenvalue weighted by atomic mass is 32.2. The number of anilines is 1. The van der Waals surface area contributed by atoms with Crippen molar-refractivity contribution in [1.29, 1.82) is 0 Å². The van der Waals surface area contributed by atoms with Crippen molar-refractivity contribution in [3.05, 3.63) is 23.8 Å². The van der Waals surface area contributed by atoms with Crippen LogP contribution < -0.4 is 10.1 Å². The van der Waals surface area contributed by atoms with Crippen LogP contribution in [0.2, 0.25) is 0 Å². The first-order valence-electron chi connectivity index (χ1n) is 6.75. The van der Waals surface area contributed by atoms with Gasteiger partial charge in [-0.15, -0.1) is 0 Å². The molecular weight excluding hydrogens is 292 g/mol. The Morgan fingerprint density at radius 1 is 1.48 bits per heavy atom. The van der Waals surface area contributed by atoms with Gasteiger partial charge in [0.2, 0.25) is 15.9 Å². The van der Waals surface area contributed by atoms with E-state index in [-0.39, 0.29) is 5.92 Å². The van der Waals surface area contributed by atoms with Gasteiger partial charge in [0.05, 0.1) is 7.11 Å². The zero-order valence-electron chi connectivity index (χ0n) is 12.2. The van der Waals surface area contributed by atoms with E-state index in [1.165, 1.54) is 11.4 Å². The number of hydrogen-bond donors (Lipinski definition) is 1. The van der Waals surface area contributed by atoms with Gasteiger partial charge in [-0.1, -0.05) is 0 Å². The Morgan fingerprint density at radius 2 is 2.19 bits per heavy atom. The Balaban J connectivity index is 1.86. The Bertz CT molecular complexity index is 716. The summed E-state index contributed by atoms with van der Waals surface area (Å²) in [6.07, 6.45) is 0.417. The molecule has 1 amide bonds. The van der Waals surface area contributed by atoms with Crippen molar-refractivity contribution in [2.45, 2.75) is 18.1 Å². The fraction of sp³-hybridized carbons (Fsp3) is 0.500. The molecule has 2 fully saturated rings. The van der Waals surface area contributed by atoms with Gasteiger partial charge in [0, 0.05) is 25.2 Å². The highest BCUT2D eigenvalue weighted by Crippen LogP contribution is 2.57. The number of amides is 1. The summed E-state index contributed by atoms with van der Waals surface area (Å²) in [6, 6.07) is 5.26. The Morgan fingerprint density at radius 3 is 2.71 bits per heavy atom. The van der Waals surface area contributed by atoms with Crippen LogP contribution in [0.3, 0.4) is 0 Å². The number of aryl methyl sites for hydroxylation is 1. The van der Waals surface area contributed by atoms with E-state index in [2.05, 4.69) is 5.32 Å². The van der Waals surface area contributed by atoms with Crippen molar-refractivity contribution >= 4 is 21.6 Å². The summed E-state index contributed by atoms with van der Waals surface area (Å²) >= 11 is 0. The minimum atomic E-state index is -3.54. The maximum atomic E-state index is 12.5. The number of carbonyl (C=O) groups is 1. The molecule has 1 aromatic carbocycles. The lowest BCUT2D eigenvalue weighted by molar-refractivity contribution is -0.116. The third-order valence-electron chi connectivity index (χ3n) is 4.46. The van der Waals surface area contributed by atoms with Gasteiger partial charge >= 0.3 is 0 Å². The number of fused-ring (bicyclic) bond motifs is 1. The Labute approximate surface area is 124 Å². The molecule has 21 heavy (non-hydrogen) atoms. The topological polar surface area (TPSA) is 75.7 Å². The monoisotopic (exact) mass is 310 g/mol. The smallest absolute Gasteiger partial charge is 0.247 e. The van der Waals surface area contributed by atoms with Gasteiger partial charge in [0.1, 0.15) is 5.75 Å². The van der Waals surface area contributed by atoms with Crippen LogP contribution in [-0.4, -0.2) is 44.1 Å². The SMILES string of the molecule is COc1ccc(NC(=O)[C@@]23C[C@H]2CN(C)S3(=O)=O)c(C)c1. The second-order valence-electron chi connectivity index (χ2n) is 5.71. The molecule has 0 aromatic heterocycles. The van der Waals surface area contributed by atoms with E-state index in [0.29, 0.717) is 24.4 Å². The number of rotatable bonds is 3. The molecule has 6 nitrogen and oxygen atoms in total. The molecule has 2 aliphatic rings. The summed E-state index contributed by atoms with van der Waals surface area (Å²) in [7, 11) is -0.446. The van der Waals surface area contributed by atoms with Crippen molar-refractivity contribution in [1.82, 2.24) is 4.31 Å². The van der Waals surface area contributed by atoms with Gasteiger partial charge in [-0.3, -0.25) is 4.79 Å². The van der Waals surface area contributed by atoms with Crippen LogP contribution in [0, 0.1) is 12.8 Å². The number of ether oxygens (including phenoxy) is 1.